The van der Waals surface area contributed by atoms with E-state index in [0.29, 0.717) is 21.9 Å². The van der Waals surface area contributed by atoms with Crippen LogP contribution in [-0.4, -0.2) is 26.1 Å². The molecule has 1 fully saturated rings. The lowest BCUT2D eigenvalue weighted by atomic mass is 9.96. The van der Waals surface area contributed by atoms with Gasteiger partial charge in [0.15, 0.2) is 0 Å². The smallest absolute Gasteiger partial charge is 0.266 e. The van der Waals surface area contributed by atoms with Crippen LogP contribution in [0.15, 0.2) is 23.8 Å². The fraction of sp³-hybridized carbons (Fsp3) is 0.400. The number of rotatable bonds is 5. The van der Waals surface area contributed by atoms with Crippen LogP contribution < -0.4 is 15.0 Å². The summed E-state index contributed by atoms with van der Waals surface area (Å²) in [5.74, 6) is 0.114. The fourth-order valence-electron chi connectivity index (χ4n) is 4.41. The van der Waals surface area contributed by atoms with E-state index in [1.807, 2.05) is 24.3 Å². The number of amides is 1. The predicted octanol–water partition coefficient (Wildman–Crippen LogP) is 5.04. The molecule has 2 aliphatic rings. The first kappa shape index (κ1) is 21.9. The molecule has 0 atom stereocenters. The predicted molar refractivity (Wildman–Crippen MR) is 127 cm³/mol. The lowest BCUT2D eigenvalue weighted by Crippen LogP contribution is -2.29. The first-order valence-electron chi connectivity index (χ1n) is 11.1. The van der Waals surface area contributed by atoms with Gasteiger partial charge >= 0.3 is 0 Å². The van der Waals surface area contributed by atoms with Crippen LogP contribution in [0.3, 0.4) is 0 Å². The Hall–Kier alpha value is -3.29. The number of carbonyl (C=O) groups excluding carboxylic acids is 1. The first-order valence-corrected chi connectivity index (χ1v) is 11.9. The molecular weight excluding hydrogens is 420 g/mol. The minimum absolute atomic E-state index is 0.0238. The maximum absolute atomic E-state index is 12.9. The molecule has 164 valence electrons. The van der Waals surface area contributed by atoms with Crippen molar-refractivity contribution in [2.75, 3.05) is 30.4 Å². The SMILES string of the molecule is COc1cc(N2CCCCC2)ccc1/C=C(\C#N)C(=O)Nc1sc2c(c1C#N)CCCC2. The summed E-state index contributed by atoms with van der Waals surface area (Å²) in [6.45, 7) is 2.05. The summed E-state index contributed by atoms with van der Waals surface area (Å²) < 4.78 is 5.56. The van der Waals surface area contributed by atoms with E-state index in [0.717, 1.165) is 50.0 Å². The Kier molecular flexibility index (Phi) is 6.78. The standard InChI is InChI=1S/C25H26N4O2S/c1-31-22-14-19(29-11-5-2-6-12-29)10-9-17(22)13-18(15-26)24(30)28-25-21(16-27)20-7-3-4-8-23(20)32-25/h9-10,13-14H,2-8,11-12H2,1H3,(H,28,30)/b18-13+. The summed E-state index contributed by atoms with van der Waals surface area (Å²) >= 11 is 1.45. The van der Waals surface area contributed by atoms with E-state index in [9.17, 15) is 15.3 Å². The van der Waals surface area contributed by atoms with E-state index >= 15 is 0 Å². The summed E-state index contributed by atoms with van der Waals surface area (Å²) in [6.07, 6.45) is 9.13. The van der Waals surface area contributed by atoms with E-state index in [1.165, 1.54) is 35.5 Å². The zero-order valence-electron chi connectivity index (χ0n) is 18.2. The Morgan fingerprint density at radius 1 is 1.16 bits per heavy atom. The maximum Gasteiger partial charge on any atom is 0.266 e. The molecule has 4 rings (SSSR count). The molecule has 0 unspecified atom stereocenters. The number of methoxy groups -OCH3 is 1. The molecule has 1 N–H and O–H groups in total. The van der Waals surface area contributed by atoms with E-state index in [2.05, 4.69) is 16.3 Å². The number of aryl methyl sites for hydroxylation is 1. The van der Waals surface area contributed by atoms with Crippen LogP contribution >= 0.6 is 11.3 Å². The van der Waals surface area contributed by atoms with Crippen LogP contribution in [0, 0.1) is 22.7 Å². The lowest BCUT2D eigenvalue weighted by molar-refractivity contribution is -0.112. The molecule has 1 aromatic carbocycles. The number of nitrogens with one attached hydrogen (secondary N) is 1. The number of thiophene rings is 1. The van der Waals surface area contributed by atoms with Gasteiger partial charge < -0.3 is 15.0 Å². The maximum atomic E-state index is 12.9. The topological polar surface area (TPSA) is 89.2 Å². The number of piperidine rings is 1. The zero-order valence-corrected chi connectivity index (χ0v) is 19.1. The molecule has 1 saturated heterocycles. The largest absolute Gasteiger partial charge is 0.496 e. The third-order valence-electron chi connectivity index (χ3n) is 6.11. The van der Waals surface area contributed by atoms with E-state index in [-0.39, 0.29) is 5.57 Å². The van der Waals surface area contributed by atoms with Gasteiger partial charge in [0, 0.05) is 35.3 Å². The Balaban J connectivity index is 1.58. The van der Waals surface area contributed by atoms with Crippen LogP contribution in [0.25, 0.3) is 6.08 Å². The van der Waals surface area contributed by atoms with Gasteiger partial charge in [0.1, 0.15) is 28.5 Å². The number of anilines is 2. The number of nitrogens with zero attached hydrogens (tertiary/aromatic N) is 3. The summed E-state index contributed by atoms with van der Waals surface area (Å²) in [5, 5.41) is 22.6. The minimum Gasteiger partial charge on any atom is -0.496 e. The minimum atomic E-state index is -0.509. The average Bonchev–Trinajstić information content (AvgIpc) is 3.19. The van der Waals surface area contributed by atoms with Crippen LogP contribution in [0.5, 0.6) is 5.75 Å². The highest BCUT2D eigenvalue weighted by atomic mass is 32.1. The number of nitriles is 2. The normalized spacial score (nSPS) is 16.0. The molecule has 0 spiro atoms. The van der Waals surface area contributed by atoms with E-state index in [4.69, 9.17) is 4.74 Å². The van der Waals surface area contributed by atoms with Crippen LogP contribution in [0.4, 0.5) is 10.7 Å². The highest BCUT2D eigenvalue weighted by molar-refractivity contribution is 7.16. The van der Waals surface area contributed by atoms with E-state index < -0.39 is 5.91 Å². The molecule has 0 radical (unpaired) electrons. The first-order chi connectivity index (χ1) is 15.6. The fourth-order valence-corrected chi connectivity index (χ4v) is 5.65. The Morgan fingerprint density at radius 3 is 2.66 bits per heavy atom. The molecule has 1 amide bonds. The van der Waals surface area contributed by atoms with Crippen molar-refractivity contribution < 1.29 is 9.53 Å². The van der Waals surface area contributed by atoms with Gasteiger partial charge in [-0.3, -0.25) is 4.79 Å². The molecule has 0 saturated carbocycles. The third-order valence-corrected chi connectivity index (χ3v) is 7.32. The highest BCUT2D eigenvalue weighted by Gasteiger charge is 2.23. The van der Waals surface area contributed by atoms with Crippen molar-refractivity contribution >= 4 is 34.0 Å². The Morgan fingerprint density at radius 2 is 1.94 bits per heavy atom. The van der Waals surface area contributed by atoms with Gasteiger partial charge in [0.2, 0.25) is 0 Å². The quantitative estimate of drug-likeness (QED) is 0.513. The molecular formula is C25H26N4O2S. The second kappa shape index (κ2) is 9.89. The summed E-state index contributed by atoms with van der Waals surface area (Å²) in [4.78, 5) is 16.4. The Bertz CT molecular complexity index is 1130. The van der Waals surface area contributed by atoms with Crippen LogP contribution in [-0.2, 0) is 17.6 Å². The average molecular weight is 447 g/mol. The number of benzene rings is 1. The highest BCUT2D eigenvalue weighted by Crippen LogP contribution is 2.38. The van der Waals surface area contributed by atoms with Gasteiger partial charge in [-0.05, 0) is 68.7 Å². The van der Waals surface area contributed by atoms with Crippen molar-refractivity contribution in [2.45, 2.75) is 44.9 Å². The van der Waals surface area contributed by atoms with Crippen LogP contribution in [0.2, 0.25) is 0 Å². The van der Waals surface area contributed by atoms with Crippen molar-refractivity contribution in [3.63, 3.8) is 0 Å². The molecule has 32 heavy (non-hydrogen) atoms. The molecule has 2 heterocycles. The molecule has 2 aromatic rings. The van der Waals surface area contributed by atoms with Crippen LogP contribution in [0.1, 0.15) is 53.7 Å². The van der Waals surface area contributed by atoms with Crippen molar-refractivity contribution in [1.29, 1.82) is 10.5 Å². The second-order valence-corrected chi connectivity index (χ2v) is 9.23. The summed E-state index contributed by atoms with van der Waals surface area (Å²) in [7, 11) is 1.59. The van der Waals surface area contributed by atoms with Gasteiger partial charge in [0.25, 0.3) is 5.91 Å². The number of hydrogen-bond acceptors (Lipinski definition) is 6. The number of hydrogen-bond donors (Lipinski definition) is 1. The number of fused-ring (bicyclic) bond motifs is 1. The van der Waals surface area contributed by atoms with Crippen molar-refractivity contribution in [3.8, 4) is 17.9 Å². The second-order valence-electron chi connectivity index (χ2n) is 8.12. The number of carbonyl (C=O) groups is 1. The van der Waals surface area contributed by atoms with Gasteiger partial charge in [0.05, 0.1) is 12.7 Å². The molecule has 1 aliphatic heterocycles. The molecule has 1 aromatic heterocycles. The molecule has 7 heteroatoms. The monoisotopic (exact) mass is 446 g/mol. The number of ether oxygens (including phenoxy) is 1. The van der Waals surface area contributed by atoms with Crippen molar-refractivity contribution in [2.24, 2.45) is 0 Å². The lowest BCUT2D eigenvalue weighted by Gasteiger charge is -2.29. The molecule has 0 bridgehead atoms. The van der Waals surface area contributed by atoms with Gasteiger partial charge in [-0.2, -0.15) is 10.5 Å². The Labute approximate surface area is 192 Å². The zero-order chi connectivity index (χ0) is 22.5. The van der Waals surface area contributed by atoms with Gasteiger partial charge in [-0.1, -0.05) is 0 Å². The molecule has 1 aliphatic carbocycles. The summed E-state index contributed by atoms with van der Waals surface area (Å²) in [5.41, 5.74) is 3.33. The molecule has 6 nitrogen and oxygen atoms in total. The summed E-state index contributed by atoms with van der Waals surface area (Å²) in [6, 6.07) is 10.1. The van der Waals surface area contributed by atoms with Gasteiger partial charge in [-0.15, -0.1) is 11.3 Å². The van der Waals surface area contributed by atoms with E-state index in [1.54, 1.807) is 13.2 Å². The van der Waals surface area contributed by atoms with Crippen molar-refractivity contribution in [1.82, 2.24) is 0 Å². The third kappa shape index (κ3) is 4.49. The van der Waals surface area contributed by atoms with Gasteiger partial charge in [-0.25, -0.2) is 0 Å². The van der Waals surface area contributed by atoms with Crippen molar-refractivity contribution in [3.05, 3.63) is 45.3 Å².